The SMILES string of the molecule is C=CC(C(C)(C)C)C(C)(C)C(=O)O. The molecule has 0 saturated heterocycles. The van der Waals surface area contributed by atoms with Crippen molar-refractivity contribution in [2.75, 3.05) is 0 Å². The Bertz CT molecular complexity index is 209. The van der Waals surface area contributed by atoms with Crippen LogP contribution in [0.2, 0.25) is 0 Å². The molecule has 0 aromatic rings. The summed E-state index contributed by atoms with van der Waals surface area (Å²) in [6.07, 6.45) is 1.74. The second-order valence-electron chi connectivity index (χ2n) is 5.11. The first-order valence-corrected chi connectivity index (χ1v) is 4.50. The van der Waals surface area contributed by atoms with Gasteiger partial charge in [0.05, 0.1) is 5.41 Å². The van der Waals surface area contributed by atoms with Crippen molar-refractivity contribution in [3.8, 4) is 0 Å². The lowest BCUT2D eigenvalue weighted by molar-refractivity contribution is -0.151. The van der Waals surface area contributed by atoms with Crippen molar-refractivity contribution < 1.29 is 9.90 Å². The predicted molar refractivity (Wildman–Crippen MR) is 54.6 cm³/mol. The summed E-state index contributed by atoms with van der Waals surface area (Å²) >= 11 is 0. The summed E-state index contributed by atoms with van der Waals surface area (Å²) in [5, 5.41) is 9.06. The Morgan fingerprint density at radius 2 is 1.69 bits per heavy atom. The molecule has 0 aliphatic carbocycles. The number of hydrogen-bond donors (Lipinski definition) is 1. The van der Waals surface area contributed by atoms with E-state index in [2.05, 4.69) is 6.58 Å². The zero-order valence-corrected chi connectivity index (χ0v) is 9.22. The largest absolute Gasteiger partial charge is 0.481 e. The summed E-state index contributed by atoms with van der Waals surface area (Å²) < 4.78 is 0. The summed E-state index contributed by atoms with van der Waals surface area (Å²) in [5.74, 6) is -0.801. The number of hydrogen-bond acceptors (Lipinski definition) is 1. The highest BCUT2D eigenvalue weighted by molar-refractivity contribution is 5.74. The molecule has 0 amide bonds. The van der Waals surface area contributed by atoms with E-state index < -0.39 is 11.4 Å². The van der Waals surface area contributed by atoms with Gasteiger partial charge < -0.3 is 5.11 Å². The minimum atomic E-state index is -0.771. The maximum Gasteiger partial charge on any atom is 0.309 e. The molecule has 0 heterocycles. The Labute approximate surface area is 80.7 Å². The molecule has 0 aliphatic heterocycles. The molecule has 0 rings (SSSR count). The minimum Gasteiger partial charge on any atom is -0.481 e. The van der Waals surface area contributed by atoms with E-state index in [4.69, 9.17) is 5.11 Å². The summed E-state index contributed by atoms with van der Waals surface area (Å²) in [6.45, 7) is 13.3. The van der Waals surface area contributed by atoms with Crippen LogP contribution in [0.1, 0.15) is 34.6 Å². The fourth-order valence-corrected chi connectivity index (χ4v) is 1.86. The van der Waals surface area contributed by atoms with Crippen LogP contribution in [0.15, 0.2) is 12.7 Å². The van der Waals surface area contributed by atoms with Gasteiger partial charge in [-0.3, -0.25) is 4.79 Å². The van der Waals surface area contributed by atoms with E-state index in [0.29, 0.717) is 0 Å². The van der Waals surface area contributed by atoms with Gasteiger partial charge in [0.15, 0.2) is 0 Å². The standard InChI is InChI=1S/C11H20O2/c1-7-8(10(2,3)4)11(5,6)9(12)13/h7-8H,1H2,2-6H3,(H,12,13). The molecule has 1 unspecified atom stereocenters. The van der Waals surface area contributed by atoms with Crippen LogP contribution in [-0.4, -0.2) is 11.1 Å². The Balaban J connectivity index is 4.99. The summed E-state index contributed by atoms with van der Waals surface area (Å²) in [4.78, 5) is 11.0. The Morgan fingerprint density at radius 3 is 1.77 bits per heavy atom. The monoisotopic (exact) mass is 184 g/mol. The van der Waals surface area contributed by atoms with Gasteiger partial charge in [0.2, 0.25) is 0 Å². The van der Waals surface area contributed by atoms with E-state index in [1.807, 2.05) is 20.8 Å². The van der Waals surface area contributed by atoms with Gasteiger partial charge in [-0.05, 0) is 25.2 Å². The van der Waals surface area contributed by atoms with Crippen LogP contribution < -0.4 is 0 Å². The first-order valence-electron chi connectivity index (χ1n) is 4.50. The van der Waals surface area contributed by atoms with Crippen molar-refractivity contribution >= 4 is 5.97 Å². The van der Waals surface area contributed by atoms with Gasteiger partial charge in [-0.2, -0.15) is 0 Å². The highest BCUT2D eigenvalue weighted by Gasteiger charge is 2.41. The fraction of sp³-hybridized carbons (Fsp3) is 0.727. The van der Waals surface area contributed by atoms with Gasteiger partial charge in [0.25, 0.3) is 0 Å². The van der Waals surface area contributed by atoms with Crippen molar-refractivity contribution in [3.63, 3.8) is 0 Å². The molecule has 76 valence electrons. The van der Waals surface area contributed by atoms with E-state index in [9.17, 15) is 4.79 Å². The summed E-state index contributed by atoms with van der Waals surface area (Å²) in [7, 11) is 0. The molecule has 13 heavy (non-hydrogen) atoms. The average Bonchev–Trinajstić information content (AvgIpc) is 1.83. The van der Waals surface area contributed by atoms with Crippen molar-refractivity contribution in [1.82, 2.24) is 0 Å². The summed E-state index contributed by atoms with van der Waals surface area (Å²) in [6, 6.07) is 0. The molecular weight excluding hydrogens is 164 g/mol. The second-order valence-corrected chi connectivity index (χ2v) is 5.11. The quantitative estimate of drug-likeness (QED) is 0.685. The van der Waals surface area contributed by atoms with Gasteiger partial charge in [-0.1, -0.05) is 26.8 Å². The predicted octanol–water partition coefficient (Wildman–Crippen LogP) is 2.95. The molecule has 2 heteroatoms. The van der Waals surface area contributed by atoms with Crippen molar-refractivity contribution in [2.24, 2.45) is 16.7 Å². The van der Waals surface area contributed by atoms with Crippen LogP contribution in [-0.2, 0) is 4.79 Å². The van der Waals surface area contributed by atoms with Crippen LogP contribution in [0.25, 0.3) is 0 Å². The molecular formula is C11H20O2. The highest BCUT2D eigenvalue weighted by atomic mass is 16.4. The number of carbonyl (C=O) groups is 1. The van der Waals surface area contributed by atoms with E-state index in [1.165, 1.54) is 0 Å². The maximum atomic E-state index is 11.0. The third-order valence-corrected chi connectivity index (χ3v) is 2.50. The fourth-order valence-electron chi connectivity index (χ4n) is 1.86. The number of allylic oxidation sites excluding steroid dienone is 1. The zero-order valence-electron chi connectivity index (χ0n) is 9.22. The third-order valence-electron chi connectivity index (χ3n) is 2.50. The zero-order chi connectivity index (χ0) is 10.9. The number of carboxylic acids is 1. The smallest absolute Gasteiger partial charge is 0.309 e. The lowest BCUT2D eigenvalue weighted by Gasteiger charge is -2.37. The van der Waals surface area contributed by atoms with Gasteiger partial charge in [0, 0.05) is 0 Å². The minimum absolute atomic E-state index is 0.0301. The Morgan fingerprint density at radius 1 is 1.31 bits per heavy atom. The molecule has 0 aliphatic rings. The molecule has 0 bridgehead atoms. The van der Waals surface area contributed by atoms with Crippen LogP contribution in [0, 0.1) is 16.7 Å². The molecule has 0 radical (unpaired) electrons. The molecule has 1 atom stereocenters. The first kappa shape index (κ1) is 12.2. The van der Waals surface area contributed by atoms with Gasteiger partial charge >= 0.3 is 5.97 Å². The van der Waals surface area contributed by atoms with Crippen molar-refractivity contribution in [1.29, 1.82) is 0 Å². The molecule has 0 spiro atoms. The molecule has 1 N–H and O–H groups in total. The lowest BCUT2D eigenvalue weighted by atomic mass is 9.66. The van der Waals surface area contributed by atoms with Crippen molar-refractivity contribution in [2.45, 2.75) is 34.6 Å². The van der Waals surface area contributed by atoms with E-state index in [1.54, 1.807) is 19.9 Å². The molecule has 0 aromatic carbocycles. The molecule has 0 saturated carbocycles. The van der Waals surface area contributed by atoms with E-state index in [-0.39, 0.29) is 11.3 Å². The highest BCUT2D eigenvalue weighted by Crippen LogP contribution is 2.40. The van der Waals surface area contributed by atoms with Crippen LogP contribution >= 0.6 is 0 Å². The van der Waals surface area contributed by atoms with Gasteiger partial charge in [0.1, 0.15) is 0 Å². The van der Waals surface area contributed by atoms with Crippen LogP contribution in [0.5, 0.6) is 0 Å². The lowest BCUT2D eigenvalue weighted by Crippen LogP contribution is -2.39. The Kier molecular flexibility index (Phi) is 3.31. The molecule has 2 nitrogen and oxygen atoms in total. The number of rotatable bonds is 3. The van der Waals surface area contributed by atoms with Crippen LogP contribution in [0.4, 0.5) is 0 Å². The number of aliphatic carboxylic acids is 1. The van der Waals surface area contributed by atoms with E-state index >= 15 is 0 Å². The second kappa shape index (κ2) is 3.52. The van der Waals surface area contributed by atoms with E-state index in [0.717, 1.165) is 0 Å². The maximum absolute atomic E-state index is 11.0. The number of carboxylic acid groups (broad SMARTS) is 1. The molecule has 0 fully saturated rings. The van der Waals surface area contributed by atoms with Gasteiger partial charge in [-0.25, -0.2) is 0 Å². The molecule has 0 aromatic heterocycles. The third kappa shape index (κ3) is 2.58. The topological polar surface area (TPSA) is 37.3 Å². The normalized spacial score (nSPS) is 15.2. The van der Waals surface area contributed by atoms with Gasteiger partial charge in [-0.15, -0.1) is 6.58 Å². The van der Waals surface area contributed by atoms with Crippen LogP contribution in [0.3, 0.4) is 0 Å². The first-order chi connectivity index (χ1) is 5.64. The Hall–Kier alpha value is -0.790. The summed E-state index contributed by atoms with van der Waals surface area (Å²) in [5.41, 5.74) is -0.816. The average molecular weight is 184 g/mol. The van der Waals surface area contributed by atoms with Crippen molar-refractivity contribution in [3.05, 3.63) is 12.7 Å².